The highest BCUT2D eigenvalue weighted by atomic mass is 32.2. The summed E-state index contributed by atoms with van der Waals surface area (Å²) in [5, 5.41) is 1.33. The molecular formula is C17H21F3O3S2Si. The first kappa shape index (κ1) is 22.7. The van der Waals surface area contributed by atoms with Gasteiger partial charge < -0.3 is 4.55 Å². The molecule has 0 radical (unpaired) electrons. The number of alkyl halides is 3. The Hall–Kier alpha value is -1.29. The van der Waals surface area contributed by atoms with Crippen molar-refractivity contribution in [3.05, 3.63) is 60.7 Å². The van der Waals surface area contributed by atoms with E-state index in [2.05, 4.69) is 80.3 Å². The van der Waals surface area contributed by atoms with Crippen molar-refractivity contribution >= 4 is 29.1 Å². The Morgan fingerprint density at radius 2 is 1.19 bits per heavy atom. The van der Waals surface area contributed by atoms with Crippen LogP contribution in [0.1, 0.15) is 0 Å². The third-order valence-electron chi connectivity index (χ3n) is 2.92. The molecule has 0 aliphatic carbocycles. The first-order valence-corrected chi connectivity index (χ1v) is 14.2. The summed E-state index contributed by atoms with van der Waals surface area (Å²) in [6.45, 7) is 7.37. The van der Waals surface area contributed by atoms with Gasteiger partial charge in [0.1, 0.15) is 13.5 Å². The SMILES string of the molecule is C[Si](C)(C)C[S+](c1ccccc1)c1ccccc1.O=S(=O)([O-])C(F)(F)F. The van der Waals surface area contributed by atoms with Crippen molar-refractivity contribution in [2.24, 2.45) is 0 Å². The maximum atomic E-state index is 10.7. The van der Waals surface area contributed by atoms with E-state index in [1.807, 2.05) is 0 Å². The number of halogens is 3. The van der Waals surface area contributed by atoms with E-state index < -0.39 is 23.7 Å². The Labute approximate surface area is 156 Å². The molecule has 0 atom stereocenters. The smallest absolute Gasteiger partial charge is 0.485 e. The summed E-state index contributed by atoms with van der Waals surface area (Å²) in [4.78, 5) is 2.96. The van der Waals surface area contributed by atoms with Gasteiger partial charge in [-0.3, -0.25) is 0 Å². The normalized spacial score (nSPS) is 12.5. The predicted octanol–water partition coefficient (Wildman–Crippen LogP) is 4.65. The fourth-order valence-electron chi connectivity index (χ4n) is 1.91. The van der Waals surface area contributed by atoms with Gasteiger partial charge in [0.05, 0.1) is 10.9 Å². The van der Waals surface area contributed by atoms with E-state index in [9.17, 15) is 13.2 Å². The molecule has 0 aromatic heterocycles. The molecule has 0 aliphatic rings. The fraction of sp³-hybridized carbons (Fsp3) is 0.294. The van der Waals surface area contributed by atoms with Crippen LogP contribution in [0, 0.1) is 0 Å². The van der Waals surface area contributed by atoms with E-state index in [1.54, 1.807) is 0 Å². The largest absolute Gasteiger partial charge is 0.741 e. The molecule has 0 saturated heterocycles. The molecule has 144 valence electrons. The zero-order valence-corrected chi connectivity index (χ0v) is 17.3. The second-order valence-electron chi connectivity index (χ2n) is 6.62. The van der Waals surface area contributed by atoms with Gasteiger partial charge in [0.15, 0.2) is 19.9 Å². The van der Waals surface area contributed by atoms with Crippen LogP contribution in [0.3, 0.4) is 0 Å². The van der Waals surface area contributed by atoms with Crippen molar-refractivity contribution in [1.29, 1.82) is 0 Å². The molecule has 9 heteroatoms. The molecule has 3 nitrogen and oxygen atoms in total. The summed E-state index contributed by atoms with van der Waals surface area (Å²) in [7, 11) is -6.92. The van der Waals surface area contributed by atoms with Crippen LogP contribution in [-0.2, 0) is 21.0 Å². The quantitative estimate of drug-likeness (QED) is 0.312. The lowest BCUT2D eigenvalue weighted by atomic mass is 10.4. The molecule has 0 unspecified atom stereocenters. The fourth-order valence-corrected chi connectivity index (χ4v) is 7.95. The van der Waals surface area contributed by atoms with Gasteiger partial charge in [-0.15, -0.1) is 0 Å². The molecule has 0 spiro atoms. The van der Waals surface area contributed by atoms with Crippen LogP contribution in [0.5, 0.6) is 0 Å². The Morgan fingerprint density at radius 3 is 1.42 bits per heavy atom. The van der Waals surface area contributed by atoms with Gasteiger partial charge in [-0.25, -0.2) is 8.42 Å². The lowest BCUT2D eigenvalue weighted by Crippen LogP contribution is -2.32. The number of rotatable bonds is 4. The summed E-state index contributed by atoms with van der Waals surface area (Å²) in [5.41, 5.74) is -5.65. The molecule has 0 bridgehead atoms. The number of hydrogen-bond donors (Lipinski definition) is 0. The molecule has 0 heterocycles. The summed E-state index contributed by atoms with van der Waals surface area (Å²) < 4.78 is 58.9. The van der Waals surface area contributed by atoms with Gasteiger partial charge in [0, 0.05) is 0 Å². The molecule has 26 heavy (non-hydrogen) atoms. The number of hydrogen-bond acceptors (Lipinski definition) is 3. The van der Waals surface area contributed by atoms with Crippen LogP contribution in [0.15, 0.2) is 70.5 Å². The maximum Gasteiger partial charge on any atom is 0.485 e. The molecule has 2 aromatic rings. The Balaban J connectivity index is 0.000000359. The van der Waals surface area contributed by atoms with E-state index in [4.69, 9.17) is 13.0 Å². The van der Waals surface area contributed by atoms with Gasteiger partial charge in [0.25, 0.3) is 0 Å². The highest BCUT2D eigenvalue weighted by Gasteiger charge is 2.37. The average Bonchev–Trinajstić information content (AvgIpc) is 2.52. The van der Waals surface area contributed by atoms with Gasteiger partial charge in [-0.05, 0) is 24.3 Å². The van der Waals surface area contributed by atoms with Crippen LogP contribution in [0.4, 0.5) is 13.2 Å². The second-order valence-corrected chi connectivity index (χ2v) is 16.0. The van der Waals surface area contributed by atoms with Crippen LogP contribution in [0.2, 0.25) is 19.6 Å². The van der Waals surface area contributed by atoms with Crippen molar-refractivity contribution in [1.82, 2.24) is 0 Å². The minimum atomic E-state index is -6.09. The Kier molecular flexibility index (Phi) is 7.94. The van der Waals surface area contributed by atoms with Gasteiger partial charge in [-0.2, -0.15) is 13.2 Å². The van der Waals surface area contributed by atoms with Crippen LogP contribution >= 0.6 is 0 Å². The highest BCUT2D eigenvalue weighted by Crippen LogP contribution is 2.26. The lowest BCUT2D eigenvalue weighted by molar-refractivity contribution is -0.0517. The van der Waals surface area contributed by atoms with Crippen LogP contribution in [0.25, 0.3) is 0 Å². The Morgan fingerprint density at radius 1 is 0.885 bits per heavy atom. The maximum absolute atomic E-state index is 10.7. The zero-order chi connectivity index (χ0) is 20.0. The standard InChI is InChI=1S/C16H21SSi.CHF3O3S/c1-18(2,3)14-17(15-10-6-4-7-11-15)16-12-8-5-9-13-16;2-1(3,4)8(5,6)7/h4-13H,14H2,1-3H3;(H,5,6,7)/q+1;/p-1. The minimum Gasteiger partial charge on any atom is -0.741 e. The molecule has 2 rings (SSSR count). The third-order valence-corrected chi connectivity index (χ3v) is 9.78. The van der Waals surface area contributed by atoms with Crippen LogP contribution in [-0.4, -0.2) is 31.9 Å². The predicted molar refractivity (Wildman–Crippen MR) is 101 cm³/mol. The summed E-state index contributed by atoms with van der Waals surface area (Å²) in [5.74, 6) is 0. The first-order valence-electron chi connectivity index (χ1n) is 7.64. The molecule has 0 amide bonds. The second kappa shape index (κ2) is 9.07. The van der Waals surface area contributed by atoms with Crippen molar-refractivity contribution < 1.29 is 26.1 Å². The van der Waals surface area contributed by atoms with E-state index in [0.717, 1.165) is 0 Å². The monoisotopic (exact) mass is 422 g/mol. The third kappa shape index (κ3) is 7.94. The highest BCUT2D eigenvalue weighted by molar-refractivity contribution is 7.98. The van der Waals surface area contributed by atoms with Gasteiger partial charge >= 0.3 is 5.51 Å². The summed E-state index contributed by atoms with van der Waals surface area (Å²) in [6, 6.07) is 21.9. The molecule has 0 aliphatic heterocycles. The zero-order valence-electron chi connectivity index (χ0n) is 14.7. The topological polar surface area (TPSA) is 57.2 Å². The molecular weight excluding hydrogens is 401 g/mol. The van der Waals surface area contributed by atoms with Crippen molar-refractivity contribution in [2.45, 2.75) is 34.9 Å². The van der Waals surface area contributed by atoms with Crippen LogP contribution < -0.4 is 0 Å². The van der Waals surface area contributed by atoms with E-state index >= 15 is 0 Å². The summed E-state index contributed by atoms with van der Waals surface area (Å²) in [6.07, 6.45) is 0. The molecule has 0 saturated carbocycles. The van der Waals surface area contributed by atoms with Crippen molar-refractivity contribution in [3.8, 4) is 0 Å². The Bertz CT molecular complexity index is 735. The van der Waals surface area contributed by atoms with E-state index in [1.165, 1.54) is 15.2 Å². The first-order chi connectivity index (χ1) is 11.8. The molecule has 0 N–H and O–H groups in total. The summed E-state index contributed by atoms with van der Waals surface area (Å²) >= 11 is 0. The molecule has 2 aromatic carbocycles. The van der Waals surface area contributed by atoms with Crippen molar-refractivity contribution in [2.75, 3.05) is 5.38 Å². The number of benzene rings is 2. The minimum absolute atomic E-state index is 0.241. The van der Waals surface area contributed by atoms with Gasteiger partial charge in [0.2, 0.25) is 0 Å². The van der Waals surface area contributed by atoms with E-state index in [-0.39, 0.29) is 10.9 Å². The van der Waals surface area contributed by atoms with Gasteiger partial charge in [-0.1, -0.05) is 56.0 Å². The van der Waals surface area contributed by atoms with Crippen molar-refractivity contribution in [3.63, 3.8) is 0 Å². The van der Waals surface area contributed by atoms with E-state index in [0.29, 0.717) is 0 Å². The lowest BCUT2D eigenvalue weighted by Gasteiger charge is -2.16. The average molecular weight is 423 g/mol. The molecule has 0 fully saturated rings.